The highest BCUT2D eigenvalue weighted by Gasteiger charge is 2.18. The van der Waals surface area contributed by atoms with Crippen molar-refractivity contribution in [3.05, 3.63) is 11.6 Å². The maximum absolute atomic E-state index is 10.9. The lowest BCUT2D eigenvalue weighted by molar-refractivity contribution is -0.178. The van der Waals surface area contributed by atoms with Crippen LogP contribution in [0.4, 0.5) is 0 Å². The van der Waals surface area contributed by atoms with Gasteiger partial charge >= 0.3 is 11.9 Å². The molecule has 0 amide bonds. The fourth-order valence-corrected chi connectivity index (χ4v) is 1.38. The number of carbonyl (C=O) groups excluding carboxylic acids is 2. The van der Waals surface area contributed by atoms with Crippen LogP contribution in [0, 0.1) is 0 Å². The first kappa shape index (κ1) is 15.7. The minimum atomic E-state index is -0.869. The van der Waals surface area contributed by atoms with E-state index in [0.717, 1.165) is 24.8 Å². The molecule has 0 N–H and O–H groups in total. The van der Waals surface area contributed by atoms with Gasteiger partial charge in [-0.2, -0.15) is 0 Å². The normalized spacial score (nSPS) is 11.5. The van der Waals surface area contributed by atoms with Gasteiger partial charge in [-0.05, 0) is 12.8 Å². The molecule has 0 atom stereocenters. The molecule has 98 valence electrons. The molecule has 0 aromatic carbocycles. The molecular formula is C13H22O4. The van der Waals surface area contributed by atoms with E-state index in [9.17, 15) is 9.59 Å². The first-order valence-corrected chi connectivity index (χ1v) is 6.04. The number of rotatable bonds is 7. The maximum atomic E-state index is 10.9. The van der Waals surface area contributed by atoms with Gasteiger partial charge in [-0.1, -0.05) is 32.8 Å². The fraction of sp³-hybridized carbons (Fsp3) is 0.692. The van der Waals surface area contributed by atoms with Crippen LogP contribution < -0.4 is 0 Å². The minimum Gasteiger partial charge on any atom is -0.421 e. The quantitative estimate of drug-likeness (QED) is 0.298. The summed E-state index contributed by atoms with van der Waals surface area (Å²) in [6.45, 7) is 6.65. The van der Waals surface area contributed by atoms with Gasteiger partial charge in [0.15, 0.2) is 0 Å². The van der Waals surface area contributed by atoms with Gasteiger partial charge in [-0.25, -0.2) is 0 Å². The molecule has 0 aromatic rings. The summed E-state index contributed by atoms with van der Waals surface area (Å²) < 4.78 is 9.99. The summed E-state index contributed by atoms with van der Waals surface area (Å²) in [5.74, 6) is -0.905. The zero-order valence-electron chi connectivity index (χ0n) is 11.1. The molecule has 0 saturated carbocycles. The lowest BCUT2D eigenvalue weighted by atomic mass is 10.1. The molecular weight excluding hydrogens is 220 g/mol. The molecule has 4 heteroatoms. The van der Waals surface area contributed by atoms with E-state index < -0.39 is 18.2 Å². The summed E-state index contributed by atoms with van der Waals surface area (Å²) >= 11 is 0. The van der Waals surface area contributed by atoms with Gasteiger partial charge in [-0.3, -0.25) is 9.59 Å². The van der Waals surface area contributed by atoms with Crippen LogP contribution in [0.5, 0.6) is 0 Å². The van der Waals surface area contributed by atoms with Crippen LogP contribution >= 0.6 is 0 Å². The Balaban J connectivity index is 4.64. The van der Waals surface area contributed by atoms with Gasteiger partial charge in [0.1, 0.15) is 0 Å². The minimum absolute atomic E-state index is 0.453. The average molecular weight is 242 g/mol. The Bertz CT molecular complexity index is 265. The molecule has 0 saturated heterocycles. The van der Waals surface area contributed by atoms with Crippen LogP contribution in [0.2, 0.25) is 0 Å². The van der Waals surface area contributed by atoms with Crippen LogP contribution in [0.15, 0.2) is 11.6 Å². The van der Waals surface area contributed by atoms with Crippen molar-refractivity contribution in [3.63, 3.8) is 0 Å². The molecule has 0 aliphatic rings. The van der Waals surface area contributed by atoms with Gasteiger partial charge < -0.3 is 9.47 Å². The summed E-state index contributed by atoms with van der Waals surface area (Å²) in [7, 11) is 0. The Morgan fingerprint density at radius 2 is 1.65 bits per heavy atom. The van der Waals surface area contributed by atoms with E-state index >= 15 is 0 Å². The van der Waals surface area contributed by atoms with E-state index in [0.29, 0.717) is 6.42 Å². The first-order valence-electron chi connectivity index (χ1n) is 6.04. The molecule has 0 unspecified atom stereocenters. The molecule has 0 aromatic heterocycles. The molecule has 17 heavy (non-hydrogen) atoms. The molecule has 0 spiro atoms. The molecule has 0 aliphatic heterocycles. The Morgan fingerprint density at radius 1 is 1.12 bits per heavy atom. The van der Waals surface area contributed by atoms with E-state index in [1.54, 1.807) is 0 Å². The monoisotopic (exact) mass is 242 g/mol. The van der Waals surface area contributed by atoms with Crippen LogP contribution in [0.1, 0.15) is 53.4 Å². The molecule has 0 radical (unpaired) electrons. The molecule has 0 bridgehead atoms. The predicted octanol–water partition coefficient (Wildman–Crippen LogP) is 2.97. The maximum Gasteiger partial charge on any atom is 0.305 e. The van der Waals surface area contributed by atoms with Crippen molar-refractivity contribution in [3.8, 4) is 0 Å². The lowest BCUT2D eigenvalue weighted by Crippen LogP contribution is -2.24. The van der Waals surface area contributed by atoms with Crippen LogP contribution in [-0.2, 0) is 19.1 Å². The molecule has 0 rings (SSSR count). The van der Waals surface area contributed by atoms with E-state index in [4.69, 9.17) is 9.47 Å². The Labute approximate surface area is 103 Å². The Morgan fingerprint density at radius 3 is 2.00 bits per heavy atom. The number of hydrogen-bond acceptors (Lipinski definition) is 4. The van der Waals surface area contributed by atoms with Crippen molar-refractivity contribution >= 4 is 11.9 Å². The lowest BCUT2D eigenvalue weighted by Gasteiger charge is -2.19. The van der Waals surface area contributed by atoms with Gasteiger partial charge in [0.2, 0.25) is 0 Å². The summed E-state index contributed by atoms with van der Waals surface area (Å²) in [5.41, 5.74) is 0.837. The molecule has 4 nitrogen and oxygen atoms in total. The van der Waals surface area contributed by atoms with Crippen molar-refractivity contribution < 1.29 is 19.1 Å². The summed E-state index contributed by atoms with van der Waals surface area (Å²) in [6.07, 6.45) is 4.87. The average Bonchev–Trinajstić information content (AvgIpc) is 2.22. The van der Waals surface area contributed by atoms with Crippen molar-refractivity contribution in [1.29, 1.82) is 0 Å². The number of esters is 2. The Kier molecular flexibility index (Phi) is 8.11. The van der Waals surface area contributed by atoms with Gasteiger partial charge in [0.05, 0.1) is 0 Å². The van der Waals surface area contributed by atoms with Crippen LogP contribution in [0.25, 0.3) is 0 Å². The third-order valence-electron chi connectivity index (χ3n) is 2.22. The van der Waals surface area contributed by atoms with Gasteiger partial charge in [-0.15, -0.1) is 0 Å². The first-order chi connectivity index (χ1) is 8.01. The van der Waals surface area contributed by atoms with Crippen LogP contribution in [-0.4, -0.2) is 18.2 Å². The van der Waals surface area contributed by atoms with Crippen molar-refractivity contribution in [2.75, 3.05) is 0 Å². The highest BCUT2D eigenvalue weighted by molar-refractivity contribution is 5.68. The van der Waals surface area contributed by atoms with E-state index in [1.807, 2.05) is 13.0 Å². The van der Waals surface area contributed by atoms with Crippen LogP contribution in [0.3, 0.4) is 0 Å². The van der Waals surface area contributed by atoms with Crippen molar-refractivity contribution in [2.45, 2.75) is 59.7 Å². The summed E-state index contributed by atoms with van der Waals surface area (Å²) in [6, 6.07) is 0. The highest BCUT2D eigenvalue weighted by atomic mass is 16.7. The fourth-order valence-electron chi connectivity index (χ4n) is 1.38. The van der Waals surface area contributed by atoms with Crippen molar-refractivity contribution in [1.82, 2.24) is 0 Å². The number of unbranched alkanes of at least 4 members (excludes halogenated alkanes) is 2. The largest absolute Gasteiger partial charge is 0.421 e. The second kappa shape index (κ2) is 8.79. The highest BCUT2D eigenvalue weighted by Crippen LogP contribution is 2.15. The Hall–Kier alpha value is -1.32. The SMILES string of the molecule is CCCC/C=C(\CC)C(OC(C)=O)OC(C)=O. The molecule has 0 aliphatic carbocycles. The van der Waals surface area contributed by atoms with E-state index in [1.165, 1.54) is 13.8 Å². The smallest absolute Gasteiger partial charge is 0.305 e. The number of ether oxygens (including phenoxy) is 2. The van der Waals surface area contributed by atoms with E-state index in [2.05, 4.69) is 6.92 Å². The number of allylic oxidation sites excluding steroid dienone is 1. The molecule has 0 fully saturated rings. The third kappa shape index (κ3) is 7.55. The zero-order chi connectivity index (χ0) is 13.3. The van der Waals surface area contributed by atoms with Gasteiger partial charge in [0, 0.05) is 19.4 Å². The summed E-state index contributed by atoms with van der Waals surface area (Å²) in [5, 5.41) is 0. The number of carbonyl (C=O) groups is 2. The topological polar surface area (TPSA) is 52.6 Å². The second-order valence-electron chi connectivity index (χ2n) is 3.83. The zero-order valence-corrected chi connectivity index (χ0v) is 11.1. The molecule has 0 heterocycles. The predicted molar refractivity (Wildman–Crippen MR) is 65.2 cm³/mol. The van der Waals surface area contributed by atoms with Crippen molar-refractivity contribution in [2.24, 2.45) is 0 Å². The number of hydrogen-bond donors (Lipinski definition) is 0. The van der Waals surface area contributed by atoms with E-state index in [-0.39, 0.29) is 0 Å². The third-order valence-corrected chi connectivity index (χ3v) is 2.22. The van der Waals surface area contributed by atoms with Gasteiger partial charge in [0.25, 0.3) is 6.29 Å². The standard InChI is InChI=1S/C13H22O4/c1-5-7-8-9-12(6-2)13(16-10(3)14)17-11(4)15/h9,13H,5-8H2,1-4H3/b12-9+. The second-order valence-corrected chi connectivity index (χ2v) is 3.83. The summed E-state index contributed by atoms with van der Waals surface area (Å²) in [4.78, 5) is 21.9.